The van der Waals surface area contributed by atoms with Gasteiger partial charge in [-0.25, -0.2) is 0 Å². The van der Waals surface area contributed by atoms with Crippen LogP contribution in [0.5, 0.6) is 0 Å². The Bertz CT molecular complexity index is 643. The summed E-state index contributed by atoms with van der Waals surface area (Å²) in [6.45, 7) is 6.13. The SMILES string of the molecule is CC(=O)N1CCN(CC2(O)CCCN(CCCc3ccccc3)C2=O)CC1. The molecule has 1 atom stereocenters. The molecule has 0 radical (unpaired) electrons. The number of amides is 2. The fourth-order valence-electron chi connectivity index (χ4n) is 4.13. The molecule has 1 N–H and O–H groups in total. The number of carbonyl (C=O) groups excluding carboxylic acids is 2. The molecule has 6 nitrogen and oxygen atoms in total. The second kappa shape index (κ2) is 8.85. The highest BCUT2D eigenvalue weighted by molar-refractivity contribution is 5.86. The smallest absolute Gasteiger partial charge is 0.255 e. The summed E-state index contributed by atoms with van der Waals surface area (Å²) in [5.74, 6) is -0.0393. The number of hydrogen-bond acceptors (Lipinski definition) is 4. The van der Waals surface area contributed by atoms with Crippen molar-refractivity contribution in [3.63, 3.8) is 0 Å². The fraction of sp³-hybridized carbons (Fsp3) is 0.619. The molecule has 0 saturated carbocycles. The lowest BCUT2D eigenvalue weighted by atomic mass is 9.90. The van der Waals surface area contributed by atoms with Gasteiger partial charge in [0, 0.05) is 52.7 Å². The van der Waals surface area contributed by atoms with E-state index in [0.717, 1.165) is 25.8 Å². The van der Waals surface area contributed by atoms with Crippen LogP contribution in [0.25, 0.3) is 0 Å². The van der Waals surface area contributed by atoms with Gasteiger partial charge in [-0.1, -0.05) is 30.3 Å². The molecule has 2 saturated heterocycles. The first-order valence-electron chi connectivity index (χ1n) is 10.0. The van der Waals surface area contributed by atoms with Gasteiger partial charge in [-0.2, -0.15) is 0 Å². The van der Waals surface area contributed by atoms with Crippen LogP contribution in [0.15, 0.2) is 30.3 Å². The van der Waals surface area contributed by atoms with Crippen molar-refractivity contribution in [3.05, 3.63) is 35.9 Å². The van der Waals surface area contributed by atoms with Gasteiger partial charge in [0.25, 0.3) is 5.91 Å². The predicted octanol–water partition coefficient (Wildman–Crippen LogP) is 1.14. The summed E-state index contributed by atoms with van der Waals surface area (Å²) in [6, 6.07) is 10.3. The summed E-state index contributed by atoms with van der Waals surface area (Å²) in [6.07, 6.45) is 3.20. The number of hydrogen-bond donors (Lipinski definition) is 1. The van der Waals surface area contributed by atoms with Gasteiger partial charge in [0.2, 0.25) is 5.91 Å². The van der Waals surface area contributed by atoms with E-state index in [2.05, 4.69) is 17.0 Å². The van der Waals surface area contributed by atoms with Crippen LogP contribution in [0.4, 0.5) is 0 Å². The van der Waals surface area contributed by atoms with Gasteiger partial charge in [-0.05, 0) is 31.2 Å². The number of nitrogens with zero attached hydrogens (tertiary/aromatic N) is 3. The average Bonchev–Trinajstić information content (AvgIpc) is 2.66. The lowest BCUT2D eigenvalue weighted by molar-refractivity contribution is -0.160. The maximum Gasteiger partial charge on any atom is 0.255 e. The van der Waals surface area contributed by atoms with Crippen LogP contribution < -0.4 is 0 Å². The molecule has 6 heteroatoms. The summed E-state index contributed by atoms with van der Waals surface area (Å²) in [5.41, 5.74) is -0.0100. The maximum absolute atomic E-state index is 12.9. The zero-order valence-corrected chi connectivity index (χ0v) is 16.3. The van der Waals surface area contributed by atoms with Gasteiger partial charge in [-0.3, -0.25) is 14.5 Å². The second-order valence-electron chi connectivity index (χ2n) is 7.80. The molecule has 3 rings (SSSR count). The number of carbonyl (C=O) groups is 2. The van der Waals surface area contributed by atoms with E-state index in [-0.39, 0.29) is 11.8 Å². The summed E-state index contributed by atoms with van der Waals surface area (Å²) < 4.78 is 0. The molecule has 2 fully saturated rings. The van der Waals surface area contributed by atoms with Crippen molar-refractivity contribution in [2.75, 3.05) is 45.8 Å². The molecule has 27 heavy (non-hydrogen) atoms. The Hall–Kier alpha value is -1.92. The number of rotatable bonds is 6. The van der Waals surface area contributed by atoms with Crippen molar-refractivity contribution in [2.45, 2.75) is 38.2 Å². The summed E-state index contributed by atoms with van der Waals surface area (Å²) >= 11 is 0. The van der Waals surface area contributed by atoms with Crippen LogP contribution in [0, 0.1) is 0 Å². The lowest BCUT2D eigenvalue weighted by Crippen LogP contribution is -2.61. The zero-order valence-electron chi connectivity index (χ0n) is 16.3. The van der Waals surface area contributed by atoms with Crippen LogP contribution in [-0.4, -0.2) is 83.0 Å². The first kappa shape index (κ1) is 19.8. The molecule has 2 aliphatic rings. The van der Waals surface area contributed by atoms with Gasteiger partial charge < -0.3 is 14.9 Å². The molecule has 2 heterocycles. The summed E-state index contributed by atoms with van der Waals surface area (Å²) in [4.78, 5) is 30.1. The largest absolute Gasteiger partial charge is 0.379 e. The Morgan fingerprint density at radius 1 is 1.11 bits per heavy atom. The van der Waals surface area contributed by atoms with Gasteiger partial charge in [0.1, 0.15) is 0 Å². The van der Waals surface area contributed by atoms with E-state index >= 15 is 0 Å². The van der Waals surface area contributed by atoms with Crippen molar-refractivity contribution in [1.82, 2.24) is 14.7 Å². The highest BCUT2D eigenvalue weighted by Crippen LogP contribution is 2.25. The normalized spacial score (nSPS) is 24.3. The number of aryl methyl sites for hydroxylation is 1. The molecule has 1 unspecified atom stereocenters. The van der Waals surface area contributed by atoms with E-state index in [1.807, 2.05) is 28.0 Å². The van der Waals surface area contributed by atoms with Crippen molar-refractivity contribution in [2.24, 2.45) is 0 Å². The first-order chi connectivity index (χ1) is 13.0. The Balaban J connectivity index is 1.50. The van der Waals surface area contributed by atoms with Crippen molar-refractivity contribution in [1.29, 1.82) is 0 Å². The Labute approximate surface area is 161 Å². The molecule has 0 aromatic heterocycles. The quantitative estimate of drug-likeness (QED) is 0.812. The Morgan fingerprint density at radius 2 is 1.81 bits per heavy atom. The minimum absolute atomic E-state index is 0.0895. The Kier molecular flexibility index (Phi) is 6.50. The van der Waals surface area contributed by atoms with Crippen LogP contribution in [0.2, 0.25) is 0 Å². The Morgan fingerprint density at radius 3 is 2.48 bits per heavy atom. The molecular formula is C21H31N3O3. The second-order valence-corrected chi connectivity index (χ2v) is 7.80. The summed E-state index contributed by atoms with van der Waals surface area (Å²) in [5, 5.41) is 11.0. The number of aliphatic hydroxyl groups is 1. The third-order valence-electron chi connectivity index (χ3n) is 5.74. The molecule has 2 amide bonds. The molecule has 1 aromatic rings. The number of piperidine rings is 1. The number of β-amino-alcohol motifs (C(OH)–C–C–N with tert-alkyl or cyclic N) is 1. The fourth-order valence-corrected chi connectivity index (χ4v) is 4.13. The lowest BCUT2D eigenvalue weighted by Gasteiger charge is -2.43. The van der Waals surface area contributed by atoms with E-state index in [4.69, 9.17) is 0 Å². The standard InChI is InChI=1S/C21H31N3O3/c1-18(25)23-15-13-22(14-16-23)17-21(27)10-6-12-24(20(21)26)11-5-9-19-7-3-2-4-8-19/h2-4,7-8,27H,5-6,9-17H2,1H3. The zero-order chi connectivity index (χ0) is 19.3. The number of likely N-dealkylation sites (tertiary alicyclic amines) is 1. The van der Waals surface area contributed by atoms with E-state index < -0.39 is 5.60 Å². The minimum Gasteiger partial charge on any atom is -0.379 e. The maximum atomic E-state index is 12.9. The molecule has 2 aliphatic heterocycles. The minimum atomic E-state index is -1.29. The molecular weight excluding hydrogens is 342 g/mol. The van der Waals surface area contributed by atoms with Crippen LogP contribution in [0.1, 0.15) is 31.7 Å². The average molecular weight is 373 g/mol. The van der Waals surface area contributed by atoms with Crippen LogP contribution in [0.3, 0.4) is 0 Å². The van der Waals surface area contributed by atoms with Crippen LogP contribution in [-0.2, 0) is 16.0 Å². The van der Waals surface area contributed by atoms with Gasteiger partial charge in [-0.15, -0.1) is 0 Å². The molecule has 0 bridgehead atoms. The monoisotopic (exact) mass is 373 g/mol. The first-order valence-corrected chi connectivity index (χ1v) is 10.0. The topological polar surface area (TPSA) is 64.1 Å². The highest BCUT2D eigenvalue weighted by atomic mass is 16.3. The van der Waals surface area contributed by atoms with Crippen molar-refractivity contribution in [3.8, 4) is 0 Å². The number of piperazine rings is 1. The molecule has 1 aromatic carbocycles. The van der Waals surface area contributed by atoms with E-state index in [1.54, 1.807) is 6.92 Å². The predicted molar refractivity (Wildman–Crippen MR) is 104 cm³/mol. The van der Waals surface area contributed by atoms with Gasteiger partial charge >= 0.3 is 0 Å². The van der Waals surface area contributed by atoms with Crippen molar-refractivity contribution >= 4 is 11.8 Å². The third-order valence-corrected chi connectivity index (χ3v) is 5.74. The highest BCUT2D eigenvalue weighted by Gasteiger charge is 2.43. The van der Waals surface area contributed by atoms with Crippen LogP contribution >= 0.6 is 0 Å². The van der Waals surface area contributed by atoms with E-state index in [1.165, 1.54) is 5.56 Å². The molecule has 0 spiro atoms. The molecule has 0 aliphatic carbocycles. The van der Waals surface area contributed by atoms with Gasteiger partial charge in [0.05, 0.1) is 0 Å². The van der Waals surface area contributed by atoms with E-state index in [0.29, 0.717) is 45.7 Å². The van der Waals surface area contributed by atoms with E-state index in [9.17, 15) is 14.7 Å². The summed E-state index contributed by atoms with van der Waals surface area (Å²) in [7, 11) is 0. The molecule has 148 valence electrons. The number of benzene rings is 1. The van der Waals surface area contributed by atoms with Gasteiger partial charge in [0.15, 0.2) is 5.60 Å². The third kappa shape index (κ3) is 5.08. The van der Waals surface area contributed by atoms with Crippen molar-refractivity contribution < 1.29 is 14.7 Å².